The van der Waals surface area contributed by atoms with Gasteiger partial charge in [-0.15, -0.1) is 0 Å². The number of anilines is 2. The summed E-state index contributed by atoms with van der Waals surface area (Å²) in [6.45, 7) is 6.26. The fourth-order valence-electron chi connectivity index (χ4n) is 3.83. The number of sulfonamides is 1. The van der Waals surface area contributed by atoms with Crippen LogP contribution in [0.4, 0.5) is 11.8 Å². The van der Waals surface area contributed by atoms with E-state index in [0.29, 0.717) is 26.2 Å². The highest BCUT2D eigenvalue weighted by Crippen LogP contribution is 2.22. The lowest BCUT2D eigenvalue weighted by Gasteiger charge is -2.35. The largest absolute Gasteiger partial charge is 0.354 e. The number of rotatable bonds is 5. The Hall–Kier alpha value is -2.19. The van der Waals surface area contributed by atoms with Gasteiger partial charge < -0.3 is 9.80 Å². The molecule has 1 aromatic carbocycles. The molecule has 4 rings (SSSR count). The van der Waals surface area contributed by atoms with E-state index in [0.717, 1.165) is 36.1 Å². The SMILES string of the molecule is Cc1cc(N2CCN(S(=O)(=O)Cc3ccccc3)CC2)nc(N2CCCC2)n1. The molecule has 2 aliphatic heterocycles. The number of benzene rings is 1. The maximum atomic E-state index is 12.8. The minimum absolute atomic E-state index is 0.0551. The summed E-state index contributed by atoms with van der Waals surface area (Å²) in [5.41, 5.74) is 1.78. The van der Waals surface area contributed by atoms with Gasteiger partial charge >= 0.3 is 0 Å². The van der Waals surface area contributed by atoms with Crippen molar-refractivity contribution in [2.24, 2.45) is 0 Å². The van der Waals surface area contributed by atoms with E-state index < -0.39 is 10.0 Å². The number of hydrogen-bond donors (Lipinski definition) is 0. The molecule has 0 bridgehead atoms. The van der Waals surface area contributed by atoms with Crippen LogP contribution in [0.5, 0.6) is 0 Å². The molecule has 0 saturated carbocycles. The highest BCUT2D eigenvalue weighted by atomic mass is 32.2. The molecular weight excluding hydrogens is 374 g/mol. The summed E-state index contributed by atoms with van der Waals surface area (Å²) >= 11 is 0. The molecule has 3 heterocycles. The van der Waals surface area contributed by atoms with Crippen LogP contribution < -0.4 is 9.80 Å². The number of hydrogen-bond acceptors (Lipinski definition) is 6. The van der Waals surface area contributed by atoms with Crippen LogP contribution in [0.2, 0.25) is 0 Å². The molecule has 0 aliphatic carbocycles. The number of aryl methyl sites for hydroxylation is 1. The Balaban J connectivity index is 1.42. The molecule has 1 aromatic heterocycles. The van der Waals surface area contributed by atoms with Gasteiger partial charge in [0.05, 0.1) is 5.75 Å². The van der Waals surface area contributed by atoms with Crippen LogP contribution in [-0.2, 0) is 15.8 Å². The van der Waals surface area contributed by atoms with E-state index in [1.54, 1.807) is 4.31 Å². The maximum absolute atomic E-state index is 12.8. The van der Waals surface area contributed by atoms with E-state index in [1.807, 2.05) is 43.3 Å². The van der Waals surface area contributed by atoms with E-state index in [-0.39, 0.29) is 5.75 Å². The van der Waals surface area contributed by atoms with Crippen LogP contribution >= 0.6 is 0 Å². The average Bonchev–Trinajstić information content (AvgIpc) is 3.23. The van der Waals surface area contributed by atoms with E-state index >= 15 is 0 Å². The minimum atomic E-state index is -3.31. The Morgan fingerprint density at radius 3 is 2.25 bits per heavy atom. The Morgan fingerprint density at radius 1 is 0.893 bits per heavy atom. The summed E-state index contributed by atoms with van der Waals surface area (Å²) < 4.78 is 27.1. The van der Waals surface area contributed by atoms with E-state index in [1.165, 1.54) is 12.8 Å². The first-order valence-electron chi connectivity index (χ1n) is 9.89. The van der Waals surface area contributed by atoms with Crippen molar-refractivity contribution in [2.75, 3.05) is 49.1 Å². The van der Waals surface area contributed by atoms with Crippen LogP contribution in [0, 0.1) is 6.92 Å². The molecule has 0 spiro atoms. The molecule has 0 atom stereocenters. The van der Waals surface area contributed by atoms with Gasteiger partial charge in [-0.25, -0.2) is 13.4 Å². The predicted molar refractivity (Wildman–Crippen MR) is 111 cm³/mol. The van der Waals surface area contributed by atoms with Crippen molar-refractivity contribution in [3.8, 4) is 0 Å². The third-order valence-corrected chi connectivity index (χ3v) is 7.22. The minimum Gasteiger partial charge on any atom is -0.354 e. The summed E-state index contributed by atoms with van der Waals surface area (Å²) in [7, 11) is -3.31. The predicted octanol–water partition coefficient (Wildman–Crippen LogP) is 2.04. The second-order valence-electron chi connectivity index (χ2n) is 7.49. The van der Waals surface area contributed by atoms with E-state index in [9.17, 15) is 8.42 Å². The monoisotopic (exact) mass is 401 g/mol. The third-order valence-electron chi connectivity index (χ3n) is 5.37. The molecule has 2 saturated heterocycles. The fourth-order valence-corrected chi connectivity index (χ4v) is 5.34. The zero-order chi connectivity index (χ0) is 19.6. The standard InChI is InChI=1S/C20H27N5O2S/c1-17-15-19(22-20(21-17)24-9-5-6-10-24)23-11-13-25(14-12-23)28(26,27)16-18-7-3-2-4-8-18/h2-4,7-8,15H,5-6,9-14,16H2,1H3. The molecule has 0 radical (unpaired) electrons. The summed E-state index contributed by atoms with van der Waals surface area (Å²) in [6.07, 6.45) is 2.37. The molecule has 0 N–H and O–H groups in total. The van der Waals surface area contributed by atoms with Crippen LogP contribution in [-0.4, -0.2) is 62.0 Å². The van der Waals surface area contributed by atoms with Gasteiger partial charge in [0.15, 0.2) is 0 Å². The Kier molecular flexibility index (Phi) is 5.50. The summed E-state index contributed by atoms with van der Waals surface area (Å²) in [5, 5.41) is 0. The summed E-state index contributed by atoms with van der Waals surface area (Å²) in [6, 6.07) is 11.4. The van der Waals surface area contributed by atoms with Gasteiger partial charge in [0.1, 0.15) is 5.82 Å². The van der Waals surface area contributed by atoms with E-state index in [2.05, 4.69) is 14.8 Å². The number of piperazine rings is 1. The lowest BCUT2D eigenvalue weighted by molar-refractivity contribution is 0.383. The summed E-state index contributed by atoms with van der Waals surface area (Å²) in [4.78, 5) is 13.8. The highest BCUT2D eigenvalue weighted by molar-refractivity contribution is 7.88. The smallest absolute Gasteiger partial charge is 0.227 e. The van der Waals surface area contributed by atoms with Gasteiger partial charge in [0, 0.05) is 51.0 Å². The first-order chi connectivity index (χ1) is 13.5. The van der Waals surface area contributed by atoms with Crippen LogP contribution in [0.3, 0.4) is 0 Å². The lowest BCUT2D eigenvalue weighted by Crippen LogP contribution is -2.49. The van der Waals surface area contributed by atoms with E-state index in [4.69, 9.17) is 4.98 Å². The molecule has 2 aromatic rings. The molecule has 7 nitrogen and oxygen atoms in total. The first-order valence-corrected chi connectivity index (χ1v) is 11.5. The first kappa shape index (κ1) is 19.1. The number of nitrogens with zero attached hydrogens (tertiary/aromatic N) is 5. The fraction of sp³-hybridized carbons (Fsp3) is 0.500. The average molecular weight is 402 g/mol. The van der Waals surface area contributed by atoms with Gasteiger partial charge in [-0.1, -0.05) is 30.3 Å². The number of aromatic nitrogens is 2. The maximum Gasteiger partial charge on any atom is 0.227 e. The third kappa shape index (κ3) is 4.28. The second-order valence-corrected chi connectivity index (χ2v) is 9.46. The topological polar surface area (TPSA) is 69.6 Å². The Bertz CT molecular complexity index is 905. The van der Waals surface area contributed by atoms with Gasteiger partial charge in [0.25, 0.3) is 0 Å². The van der Waals surface area contributed by atoms with Crippen molar-refractivity contribution in [3.63, 3.8) is 0 Å². The zero-order valence-corrected chi connectivity index (χ0v) is 17.1. The normalized spacial score (nSPS) is 18.6. The van der Waals surface area contributed by atoms with Gasteiger partial charge in [-0.05, 0) is 25.3 Å². The Morgan fingerprint density at radius 2 is 1.57 bits per heavy atom. The highest BCUT2D eigenvalue weighted by Gasteiger charge is 2.28. The summed E-state index contributed by atoms with van der Waals surface area (Å²) in [5.74, 6) is 1.75. The van der Waals surface area contributed by atoms with Crippen LogP contribution in [0.15, 0.2) is 36.4 Å². The van der Waals surface area contributed by atoms with Crippen molar-refractivity contribution < 1.29 is 8.42 Å². The second kappa shape index (κ2) is 8.05. The van der Waals surface area contributed by atoms with Crippen molar-refractivity contribution >= 4 is 21.8 Å². The molecule has 2 aliphatic rings. The van der Waals surface area contributed by atoms with Crippen LogP contribution in [0.25, 0.3) is 0 Å². The molecule has 2 fully saturated rings. The van der Waals surface area contributed by atoms with Crippen molar-refractivity contribution in [1.29, 1.82) is 0 Å². The van der Waals surface area contributed by atoms with Crippen molar-refractivity contribution in [1.82, 2.24) is 14.3 Å². The quantitative estimate of drug-likeness (QED) is 0.764. The molecule has 0 unspecified atom stereocenters. The lowest BCUT2D eigenvalue weighted by atomic mass is 10.2. The zero-order valence-electron chi connectivity index (χ0n) is 16.3. The van der Waals surface area contributed by atoms with Gasteiger partial charge in [-0.3, -0.25) is 0 Å². The van der Waals surface area contributed by atoms with Crippen LogP contribution in [0.1, 0.15) is 24.1 Å². The molecule has 150 valence electrons. The molecular formula is C20H27N5O2S. The van der Waals surface area contributed by atoms with Gasteiger partial charge in [0.2, 0.25) is 16.0 Å². The van der Waals surface area contributed by atoms with Gasteiger partial charge in [-0.2, -0.15) is 9.29 Å². The molecule has 8 heteroatoms. The molecule has 28 heavy (non-hydrogen) atoms. The molecule has 0 amide bonds. The van der Waals surface area contributed by atoms with Crippen molar-refractivity contribution in [3.05, 3.63) is 47.7 Å². The van der Waals surface area contributed by atoms with Crippen molar-refractivity contribution in [2.45, 2.75) is 25.5 Å². The Labute approximate surface area is 167 Å².